The van der Waals surface area contributed by atoms with Crippen molar-refractivity contribution in [1.82, 2.24) is 0 Å². The fourth-order valence-corrected chi connectivity index (χ4v) is 4.97. The van der Waals surface area contributed by atoms with E-state index in [9.17, 15) is 35.8 Å². The summed E-state index contributed by atoms with van der Waals surface area (Å²) in [5, 5.41) is 18.2. The average molecular weight is 511 g/mol. The van der Waals surface area contributed by atoms with E-state index in [0.717, 1.165) is 41.1 Å². The van der Waals surface area contributed by atoms with Gasteiger partial charge >= 0.3 is 0 Å². The first-order valence-corrected chi connectivity index (χ1v) is 12.8. The number of fused-ring (bicyclic) bond motifs is 3. The maximum absolute atomic E-state index is 13.4. The quantitative estimate of drug-likeness (QED) is 0.226. The molecule has 176 valence electrons. The zero-order valence-corrected chi connectivity index (χ0v) is 19.1. The first-order valence-electron chi connectivity index (χ1n) is 9.88. The molecule has 35 heavy (non-hydrogen) atoms. The van der Waals surface area contributed by atoms with Crippen molar-refractivity contribution >= 4 is 48.2 Å². The Bertz CT molecular complexity index is 1810. The van der Waals surface area contributed by atoms with Gasteiger partial charge in [0.25, 0.3) is 20.2 Å². The predicted molar refractivity (Wildman–Crippen MR) is 125 cm³/mol. The third kappa shape index (κ3) is 4.08. The summed E-state index contributed by atoms with van der Waals surface area (Å²) in [6.07, 6.45) is 0. The minimum Gasteiger partial charge on any atom is -0.507 e. The van der Waals surface area contributed by atoms with Crippen molar-refractivity contribution in [2.75, 3.05) is 0 Å². The molecule has 4 aromatic rings. The highest BCUT2D eigenvalue weighted by Gasteiger charge is 2.23. The van der Waals surface area contributed by atoms with Crippen LogP contribution in [-0.2, 0) is 20.2 Å². The molecule has 0 spiro atoms. The molecule has 0 aliphatic carbocycles. The van der Waals surface area contributed by atoms with Gasteiger partial charge in [0.05, 0.1) is 21.2 Å². The Labute approximate surface area is 198 Å². The van der Waals surface area contributed by atoms with E-state index in [-0.39, 0.29) is 21.9 Å². The monoisotopic (exact) mass is 510 g/mol. The van der Waals surface area contributed by atoms with Crippen LogP contribution < -0.4 is 0 Å². The highest BCUT2D eigenvalue weighted by molar-refractivity contribution is 7.86. The van der Waals surface area contributed by atoms with Crippen molar-refractivity contribution in [3.05, 3.63) is 77.9 Å². The standard InChI is InChI=1S/C23H14N2O8S2/c26-21-11-17(35(31,32)33)8-14-7-16(34(28,29)30)10-19(22(14)21)23(27)13-3-1-12(2-4-13)18-6-5-15-9-20(18)25-24-15/h1-11,26H,(H,28,29,30)(H,31,32,33). The molecule has 0 aromatic heterocycles. The zero-order chi connectivity index (χ0) is 25.1. The van der Waals surface area contributed by atoms with Gasteiger partial charge in [-0.25, -0.2) is 0 Å². The van der Waals surface area contributed by atoms with E-state index in [0.29, 0.717) is 5.69 Å². The number of phenols is 1. The Morgan fingerprint density at radius 3 is 2.00 bits per heavy atom. The van der Waals surface area contributed by atoms with Crippen LogP contribution in [0.1, 0.15) is 15.9 Å². The van der Waals surface area contributed by atoms with Crippen LogP contribution in [0.2, 0.25) is 0 Å². The number of aromatic hydroxyl groups is 1. The van der Waals surface area contributed by atoms with Crippen molar-refractivity contribution < 1.29 is 35.8 Å². The number of hydrogen-bond acceptors (Lipinski definition) is 8. The predicted octanol–water partition coefficient (Wildman–Crippen LogP) is 4.67. The van der Waals surface area contributed by atoms with Crippen molar-refractivity contribution in [2.24, 2.45) is 10.2 Å². The van der Waals surface area contributed by atoms with Crippen LogP contribution in [0.15, 0.2) is 86.7 Å². The van der Waals surface area contributed by atoms with Crippen LogP contribution in [0, 0.1) is 0 Å². The lowest BCUT2D eigenvalue weighted by Gasteiger charge is -2.12. The van der Waals surface area contributed by atoms with Gasteiger partial charge in [0, 0.05) is 28.1 Å². The van der Waals surface area contributed by atoms with E-state index < -0.39 is 41.6 Å². The number of ketones is 1. The average Bonchev–Trinajstić information content (AvgIpc) is 3.17. The molecule has 5 rings (SSSR count). The Kier molecular flexibility index (Phi) is 5.07. The van der Waals surface area contributed by atoms with Gasteiger partial charge in [0.15, 0.2) is 5.78 Å². The molecule has 0 fully saturated rings. The Morgan fingerprint density at radius 1 is 0.743 bits per heavy atom. The van der Waals surface area contributed by atoms with Gasteiger partial charge in [0.2, 0.25) is 0 Å². The smallest absolute Gasteiger partial charge is 0.294 e. The lowest BCUT2D eigenvalue weighted by molar-refractivity contribution is 0.104. The summed E-state index contributed by atoms with van der Waals surface area (Å²) in [5.74, 6) is -1.37. The summed E-state index contributed by atoms with van der Waals surface area (Å²) in [4.78, 5) is 12.0. The Morgan fingerprint density at radius 2 is 1.37 bits per heavy atom. The Hall–Kier alpha value is -3.97. The molecular weight excluding hydrogens is 496 g/mol. The van der Waals surface area contributed by atoms with E-state index >= 15 is 0 Å². The maximum atomic E-state index is 13.4. The van der Waals surface area contributed by atoms with Gasteiger partial charge in [-0.2, -0.15) is 21.9 Å². The van der Waals surface area contributed by atoms with Crippen LogP contribution in [0.5, 0.6) is 5.75 Å². The summed E-state index contributed by atoms with van der Waals surface area (Å²) < 4.78 is 65.6. The number of phenolic OH excluding ortho intramolecular Hbond substituents is 1. The van der Waals surface area contributed by atoms with Crippen LogP contribution in [0.3, 0.4) is 0 Å². The van der Waals surface area contributed by atoms with Crippen LogP contribution in [-0.4, -0.2) is 36.8 Å². The second kappa shape index (κ2) is 7.78. The van der Waals surface area contributed by atoms with Crippen molar-refractivity contribution in [1.29, 1.82) is 0 Å². The summed E-state index contributed by atoms with van der Waals surface area (Å²) in [6, 6.07) is 15.2. The number of azo groups is 1. The largest absolute Gasteiger partial charge is 0.507 e. The summed E-state index contributed by atoms with van der Waals surface area (Å²) >= 11 is 0. The maximum Gasteiger partial charge on any atom is 0.294 e. The van der Waals surface area contributed by atoms with E-state index in [4.69, 9.17) is 0 Å². The van der Waals surface area contributed by atoms with Gasteiger partial charge in [0.1, 0.15) is 5.75 Å². The molecule has 4 aromatic carbocycles. The third-order valence-electron chi connectivity index (χ3n) is 5.53. The molecule has 3 N–H and O–H groups in total. The lowest BCUT2D eigenvalue weighted by atomic mass is 9.95. The van der Waals surface area contributed by atoms with Crippen LogP contribution in [0.25, 0.3) is 21.9 Å². The van der Waals surface area contributed by atoms with Gasteiger partial charge < -0.3 is 5.11 Å². The van der Waals surface area contributed by atoms with E-state index in [1.807, 2.05) is 12.1 Å². The number of benzene rings is 4. The molecule has 0 unspecified atom stereocenters. The van der Waals surface area contributed by atoms with Crippen molar-refractivity contribution in [2.45, 2.75) is 9.79 Å². The molecule has 0 amide bonds. The molecule has 1 aliphatic heterocycles. The summed E-state index contributed by atoms with van der Waals surface area (Å²) in [7, 11) is -9.56. The zero-order valence-electron chi connectivity index (χ0n) is 17.4. The SMILES string of the molecule is O=C(c1ccc(-c2ccc3cc2N=N3)cc1)c1cc(S(=O)(=O)O)cc2cc(S(=O)(=O)O)cc(O)c12. The molecule has 2 bridgehead atoms. The molecule has 0 radical (unpaired) electrons. The Balaban J connectivity index is 1.65. The highest BCUT2D eigenvalue weighted by atomic mass is 32.2. The van der Waals surface area contributed by atoms with Crippen molar-refractivity contribution in [3.8, 4) is 16.9 Å². The molecule has 1 aliphatic rings. The number of hydrogen-bond donors (Lipinski definition) is 3. The van der Waals surface area contributed by atoms with Crippen molar-refractivity contribution in [3.63, 3.8) is 0 Å². The fourth-order valence-electron chi connectivity index (χ4n) is 3.89. The molecular formula is C23H14N2O8S2. The molecule has 0 saturated carbocycles. The first kappa shape index (κ1) is 22.8. The third-order valence-corrected chi connectivity index (χ3v) is 7.19. The lowest BCUT2D eigenvalue weighted by Crippen LogP contribution is -2.07. The molecule has 12 heteroatoms. The minimum absolute atomic E-state index is 0.135. The molecule has 0 saturated heterocycles. The van der Waals surface area contributed by atoms with E-state index in [1.54, 1.807) is 18.2 Å². The number of nitrogens with zero attached hydrogens (tertiary/aromatic N) is 2. The van der Waals surface area contributed by atoms with Gasteiger partial charge in [-0.05, 0) is 47.3 Å². The topological polar surface area (TPSA) is 171 Å². The highest BCUT2D eigenvalue weighted by Crippen LogP contribution is 2.39. The number of carbonyl (C=O) groups is 1. The molecule has 1 heterocycles. The van der Waals surface area contributed by atoms with E-state index in [2.05, 4.69) is 10.2 Å². The fraction of sp³-hybridized carbons (Fsp3) is 0. The number of carbonyl (C=O) groups excluding carboxylic acids is 1. The summed E-state index contributed by atoms with van der Waals surface area (Å²) in [6.45, 7) is 0. The molecule has 0 atom stereocenters. The first-order chi connectivity index (χ1) is 16.4. The second-order valence-corrected chi connectivity index (χ2v) is 10.6. The van der Waals surface area contributed by atoms with Gasteiger partial charge in [-0.1, -0.05) is 24.3 Å². The second-order valence-electron chi connectivity index (χ2n) is 7.77. The number of rotatable bonds is 5. The van der Waals surface area contributed by atoms with Gasteiger partial charge in [-0.15, -0.1) is 5.11 Å². The summed E-state index contributed by atoms with van der Waals surface area (Å²) in [5.41, 5.74) is 2.80. The minimum atomic E-state index is -4.80. The normalized spacial score (nSPS) is 12.9. The molecule has 10 nitrogen and oxygen atoms in total. The van der Waals surface area contributed by atoms with Crippen LogP contribution in [0.4, 0.5) is 11.4 Å². The van der Waals surface area contributed by atoms with Crippen LogP contribution >= 0.6 is 0 Å². The van der Waals surface area contributed by atoms with Gasteiger partial charge in [-0.3, -0.25) is 13.9 Å². The van der Waals surface area contributed by atoms with E-state index in [1.165, 1.54) is 12.1 Å².